The van der Waals surface area contributed by atoms with E-state index in [0.29, 0.717) is 33.3 Å². The van der Waals surface area contributed by atoms with E-state index in [2.05, 4.69) is 29.1 Å². The monoisotopic (exact) mass is 411 g/mol. The van der Waals surface area contributed by atoms with Gasteiger partial charge in [0.1, 0.15) is 0 Å². The Morgan fingerprint density at radius 3 is 2.62 bits per heavy atom. The molecule has 0 radical (unpaired) electrons. The molecule has 140 valence electrons. The number of thioether (sulfide) groups is 2. The lowest BCUT2D eigenvalue weighted by Gasteiger charge is -2.14. The molecule has 0 fully saturated rings. The normalized spacial score (nSPS) is 12.2. The summed E-state index contributed by atoms with van der Waals surface area (Å²) >= 11 is 8.85. The third kappa shape index (κ3) is 6.70. The van der Waals surface area contributed by atoms with Gasteiger partial charge in [0.15, 0.2) is 5.16 Å². The lowest BCUT2D eigenvalue weighted by atomic mass is 10.3. The van der Waals surface area contributed by atoms with Crippen molar-refractivity contribution in [2.75, 3.05) is 5.32 Å². The predicted octanol–water partition coefficient (Wildman–Crippen LogP) is 4.57. The SMILES string of the molecule is CCC(Sc1nc(CSC(C)C)cc(=O)[nH]1)C(=O)Nc1ccc(Cl)cc1. The Morgan fingerprint density at radius 1 is 1.31 bits per heavy atom. The third-order valence-electron chi connectivity index (χ3n) is 3.37. The molecule has 5 nitrogen and oxygen atoms in total. The summed E-state index contributed by atoms with van der Waals surface area (Å²) in [6.45, 7) is 6.12. The van der Waals surface area contributed by atoms with Crippen LogP contribution in [0.3, 0.4) is 0 Å². The summed E-state index contributed by atoms with van der Waals surface area (Å²) in [5.74, 6) is 0.535. The van der Waals surface area contributed by atoms with Crippen molar-refractivity contribution in [2.24, 2.45) is 0 Å². The van der Waals surface area contributed by atoms with Crippen molar-refractivity contribution in [2.45, 2.75) is 48.6 Å². The maximum Gasteiger partial charge on any atom is 0.251 e. The average Bonchev–Trinajstić information content (AvgIpc) is 2.59. The van der Waals surface area contributed by atoms with Gasteiger partial charge in [0.2, 0.25) is 5.91 Å². The second kappa shape index (κ2) is 10.0. The number of halogens is 1. The number of nitrogens with zero attached hydrogens (tertiary/aromatic N) is 1. The van der Waals surface area contributed by atoms with Gasteiger partial charge < -0.3 is 10.3 Å². The smallest absolute Gasteiger partial charge is 0.251 e. The summed E-state index contributed by atoms with van der Waals surface area (Å²) in [6.07, 6.45) is 0.610. The summed E-state index contributed by atoms with van der Waals surface area (Å²) in [5, 5.41) is 4.05. The molecule has 0 aliphatic rings. The minimum absolute atomic E-state index is 0.135. The Labute approximate surface area is 166 Å². The van der Waals surface area contributed by atoms with Gasteiger partial charge in [-0.15, -0.1) is 0 Å². The van der Waals surface area contributed by atoms with Crippen LogP contribution in [0.2, 0.25) is 5.02 Å². The van der Waals surface area contributed by atoms with Crippen LogP contribution in [0, 0.1) is 0 Å². The van der Waals surface area contributed by atoms with Crippen LogP contribution < -0.4 is 10.9 Å². The first-order valence-electron chi connectivity index (χ1n) is 8.32. The van der Waals surface area contributed by atoms with Gasteiger partial charge in [-0.2, -0.15) is 11.8 Å². The first-order valence-corrected chi connectivity index (χ1v) is 10.6. The van der Waals surface area contributed by atoms with Crippen molar-refractivity contribution < 1.29 is 4.79 Å². The summed E-state index contributed by atoms with van der Waals surface area (Å²) in [6, 6.07) is 8.46. The zero-order valence-electron chi connectivity index (χ0n) is 14.9. The molecule has 1 amide bonds. The highest BCUT2D eigenvalue weighted by atomic mass is 35.5. The number of rotatable bonds is 8. The molecule has 0 aliphatic heterocycles. The molecule has 0 saturated heterocycles. The standard InChI is InChI=1S/C18H22ClN3O2S2/c1-4-15(17(24)20-13-7-5-12(19)6-8-13)26-18-21-14(9-16(23)22-18)10-25-11(2)3/h5-9,11,15H,4,10H2,1-3H3,(H,20,24)(H,21,22,23). The quantitative estimate of drug-likeness (QED) is 0.491. The average molecular weight is 412 g/mol. The van der Waals surface area contributed by atoms with E-state index in [4.69, 9.17) is 11.6 Å². The van der Waals surface area contributed by atoms with E-state index in [9.17, 15) is 9.59 Å². The largest absolute Gasteiger partial charge is 0.325 e. The molecule has 0 spiro atoms. The van der Waals surface area contributed by atoms with Crippen LogP contribution in [-0.4, -0.2) is 26.4 Å². The van der Waals surface area contributed by atoms with Gasteiger partial charge in [-0.3, -0.25) is 9.59 Å². The zero-order chi connectivity index (χ0) is 19.1. The molecular formula is C18H22ClN3O2S2. The number of hydrogen-bond donors (Lipinski definition) is 2. The lowest BCUT2D eigenvalue weighted by Crippen LogP contribution is -2.25. The summed E-state index contributed by atoms with van der Waals surface area (Å²) in [7, 11) is 0. The molecule has 8 heteroatoms. The fourth-order valence-electron chi connectivity index (χ4n) is 2.08. The van der Waals surface area contributed by atoms with Crippen LogP contribution in [0.15, 0.2) is 40.3 Å². The number of amides is 1. The number of hydrogen-bond acceptors (Lipinski definition) is 5. The highest BCUT2D eigenvalue weighted by Gasteiger charge is 2.20. The molecule has 1 aromatic carbocycles. The third-order valence-corrected chi connectivity index (χ3v) is 6.00. The number of carbonyl (C=O) groups is 1. The number of benzene rings is 1. The van der Waals surface area contributed by atoms with Crippen LogP contribution in [0.4, 0.5) is 5.69 Å². The Hall–Kier alpha value is -1.44. The van der Waals surface area contributed by atoms with Gasteiger partial charge in [-0.05, 0) is 35.9 Å². The number of aromatic nitrogens is 2. The van der Waals surface area contributed by atoms with E-state index in [1.807, 2.05) is 6.92 Å². The summed E-state index contributed by atoms with van der Waals surface area (Å²) in [5.41, 5.74) is 1.21. The Morgan fingerprint density at radius 2 is 2.00 bits per heavy atom. The predicted molar refractivity (Wildman–Crippen MR) is 111 cm³/mol. The van der Waals surface area contributed by atoms with Crippen molar-refractivity contribution in [3.63, 3.8) is 0 Å². The number of anilines is 1. The van der Waals surface area contributed by atoms with Crippen molar-refractivity contribution in [3.05, 3.63) is 51.4 Å². The molecule has 2 aromatic rings. The van der Waals surface area contributed by atoms with E-state index in [-0.39, 0.29) is 16.7 Å². The van der Waals surface area contributed by atoms with E-state index in [0.717, 1.165) is 5.69 Å². The van der Waals surface area contributed by atoms with E-state index in [1.165, 1.54) is 17.8 Å². The molecule has 0 aliphatic carbocycles. The number of carbonyl (C=O) groups excluding carboxylic acids is 1. The first kappa shape index (κ1) is 20.9. The van der Waals surface area contributed by atoms with Crippen molar-refractivity contribution in [3.8, 4) is 0 Å². The zero-order valence-corrected chi connectivity index (χ0v) is 17.3. The van der Waals surface area contributed by atoms with Crippen LogP contribution in [0.5, 0.6) is 0 Å². The second-order valence-corrected chi connectivity index (χ2v) is 9.11. The van der Waals surface area contributed by atoms with Crippen LogP contribution in [0.25, 0.3) is 0 Å². The van der Waals surface area contributed by atoms with Crippen LogP contribution in [-0.2, 0) is 10.5 Å². The molecule has 1 atom stereocenters. The van der Waals surface area contributed by atoms with E-state index in [1.54, 1.807) is 36.0 Å². The topological polar surface area (TPSA) is 74.8 Å². The molecular weight excluding hydrogens is 390 g/mol. The molecule has 1 heterocycles. The van der Waals surface area contributed by atoms with Gasteiger partial charge in [0.25, 0.3) is 5.56 Å². The number of aromatic amines is 1. The van der Waals surface area contributed by atoms with Gasteiger partial charge in [0.05, 0.1) is 10.9 Å². The molecule has 0 bridgehead atoms. The van der Waals surface area contributed by atoms with Gasteiger partial charge >= 0.3 is 0 Å². The maximum atomic E-state index is 12.5. The van der Waals surface area contributed by atoms with Crippen molar-refractivity contribution >= 4 is 46.7 Å². The van der Waals surface area contributed by atoms with Gasteiger partial charge in [0, 0.05) is 22.5 Å². The highest BCUT2D eigenvalue weighted by molar-refractivity contribution is 8.00. The Bertz CT molecular complexity index is 794. The number of nitrogens with one attached hydrogen (secondary N) is 2. The van der Waals surface area contributed by atoms with E-state index < -0.39 is 0 Å². The summed E-state index contributed by atoms with van der Waals surface area (Å²) in [4.78, 5) is 31.6. The first-order chi connectivity index (χ1) is 12.4. The second-order valence-electron chi connectivity index (χ2n) is 5.91. The lowest BCUT2D eigenvalue weighted by molar-refractivity contribution is -0.115. The van der Waals surface area contributed by atoms with Crippen molar-refractivity contribution in [1.29, 1.82) is 0 Å². The maximum absolute atomic E-state index is 12.5. The Balaban J connectivity index is 2.07. The molecule has 26 heavy (non-hydrogen) atoms. The minimum atomic E-state index is -0.359. The molecule has 0 saturated carbocycles. The van der Waals surface area contributed by atoms with Crippen LogP contribution in [0.1, 0.15) is 32.9 Å². The minimum Gasteiger partial charge on any atom is -0.325 e. The number of H-pyrrole nitrogens is 1. The fourth-order valence-corrected chi connectivity index (χ4v) is 3.79. The summed E-state index contributed by atoms with van der Waals surface area (Å²) < 4.78 is 0. The van der Waals surface area contributed by atoms with E-state index >= 15 is 0 Å². The Kier molecular flexibility index (Phi) is 8.06. The van der Waals surface area contributed by atoms with Crippen LogP contribution >= 0.6 is 35.1 Å². The fraction of sp³-hybridized carbons (Fsp3) is 0.389. The molecule has 2 N–H and O–H groups in total. The van der Waals surface area contributed by atoms with Crippen molar-refractivity contribution in [1.82, 2.24) is 9.97 Å². The highest BCUT2D eigenvalue weighted by Crippen LogP contribution is 2.24. The van der Waals surface area contributed by atoms with Gasteiger partial charge in [-0.25, -0.2) is 4.98 Å². The molecule has 2 rings (SSSR count). The van der Waals surface area contributed by atoms with Gasteiger partial charge in [-0.1, -0.05) is 44.1 Å². The molecule has 1 aromatic heterocycles. The molecule has 1 unspecified atom stereocenters.